The minimum absolute atomic E-state index is 0.0686. The number of amides is 1. The number of nitrogens with zero attached hydrogens (tertiary/aromatic N) is 2. The minimum Gasteiger partial charge on any atom is -0.454 e. The summed E-state index contributed by atoms with van der Waals surface area (Å²) in [5.41, 5.74) is 5.77. The fourth-order valence-electron chi connectivity index (χ4n) is 3.64. The van der Waals surface area contributed by atoms with Gasteiger partial charge in [0.25, 0.3) is 0 Å². The molecule has 6 nitrogen and oxygen atoms in total. The SMILES string of the molecule is Cc1cccc(NC(=O)CSc2nc(-c3ccc4c(c3)OCO4)cn2-c2ccccc2)c1C. The molecule has 0 fully saturated rings. The lowest BCUT2D eigenvalue weighted by Crippen LogP contribution is -2.15. The maximum atomic E-state index is 12.7. The van der Waals surface area contributed by atoms with Crippen molar-refractivity contribution in [2.75, 3.05) is 17.9 Å². The van der Waals surface area contributed by atoms with Crippen LogP contribution >= 0.6 is 11.8 Å². The minimum atomic E-state index is -0.0686. The third kappa shape index (κ3) is 4.45. The van der Waals surface area contributed by atoms with E-state index in [4.69, 9.17) is 14.5 Å². The van der Waals surface area contributed by atoms with E-state index < -0.39 is 0 Å². The lowest BCUT2D eigenvalue weighted by molar-refractivity contribution is -0.113. The number of fused-ring (bicyclic) bond motifs is 1. The van der Waals surface area contributed by atoms with Crippen LogP contribution in [-0.4, -0.2) is 28.0 Å². The molecule has 0 radical (unpaired) electrons. The molecular formula is C26H23N3O3S. The van der Waals surface area contributed by atoms with E-state index in [9.17, 15) is 4.79 Å². The predicted octanol–water partition coefficient (Wildman–Crippen LogP) is 5.62. The van der Waals surface area contributed by atoms with E-state index in [-0.39, 0.29) is 18.5 Å². The van der Waals surface area contributed by atoms with Gasteiger partial charge < -0.3 is 14.8 Å². The fraction of sp³-hybridized carbons (Fsp3) is 0.154. The smallest absolute Gasteiger partial charge is 0.234 e. The molecular weight excluding hydrogens is 434 g/mol. The maximum absolute atomic E-state index is 12.7. The highest BCUT2D eigenvalue weighted by atomic mass is 32.2. The Morgan fingerprint density at radius 2 is 1.85 bits per heavy atom. The molecule has 0 spiro atoms. The van der Waals surface area contributed by atoms with Gasteiger partial charge in [0.2, 0.25) is 12.7 Å². The average molecular weight is 458 g/mol. The van der Waals surface area contributed by atoms with Gasteiger partial charge in [-0.15, -0.1) is 0 Å². The van der Waals surface area contributed by atoms with Crippen LogP contribution in [-0.2, 0) is 4.79 Å². The number of thioether (sulfide) groups is 1. The summed E-state index contributed by atoms with van der Waals surface area (Å²) in [5, 5.41) is 3.76. The van der Waals surface area contributed by atoms with Crippen molar-refractivity contribution < 1.29 is 14.3 Å². The summed E-state index contributed by atoms with van der Waals surface area (Å²) in [5.74, 6) is 1.63. The zero-order chi connectivity index (χ0) is 22.8. The van der Waals surface area contributed by atoms with Crippen molar-refractivity contribution in [1.29, 1.82) is 0 Å². The number of carbonyl (C=O) groups is 1. The van der Waals surface area contributed by atoms with Gasteiger partial charge in [0, 0.05) is 23.1 Å². The van der Waals surface area contributed by atoms with Crippen molar-refractivity contribution in [3.63, 3.8) is 0 Å². The molecule has 0 atom stereocenters. The summed E-state index contributed by atoms with van der Waals surface area (Å²) in [6.45, 7) is 4.28. The van der Waals surface area contributed by atoms with Crippen LogP contribution in [0.4, 0.5) is 5.69 Å². The van der Waals surface area contributed by atoms with Gasteiger partial charge in [-0.25, -0.2) is 4.98 Å². The molecule has 1 N–H and O–H groups in total. The lowest BCUT2D eigenvalue weighted by atomic mass is 10.1. The maximum Gasteiger partial charge on any atom is 0.234 e. The van der Waals surface area contributed by atoms with Crippen LogP contribution in [0.1, 0.15) is 11.1 Å². The Bertz CT molecular complexity index is 1320. The Balaban J connectivity index is 1.40. The number of imidazole rings is 1. The van der Waals surface area contributed by atoms with Gasteiger partial charge in [0.1, 0.15) is 0 Å². The molecule has 166 valence electrons. The molecule has 1 aromatic heterocycles. The summed E-state index contributed by atoms with van der Waals surface area (Å²) in [6.07, 6.45) is 1.98. The second-order valence-electron chi connectivity index (χ2n) is 7.77. The van der Waals surface area contributed by atoms with E-state index in [0.717, 1.165) is 44.7 Å². The third-order valence-electron chi connectivity index (χ3n) is 5.59. The van der Waals surface area contributed by atoms with Crippen molar-refractivity contribution in [3.8, 4) is 28.4 Å². The highest BCUT2D eigenvalue weighted by Crippen LogP contribution is 2.36. The average Bonchev–Trinajstić information content (AvgIpc) is 3.48. The summed E-state index contributed by atoms with van der Waals surface area (Å²) in [7, 11) is 0. The first-order valence-electron chi connectivity index (χ1n) is 10.6. The molecule has 3 aromatic carbocycles. The summed E-state index contributed by atoms with van der Waals surface area (Å²) < 4.78 is 13.0. The van der Waals surface area contributed by atoms with Crippen molar-refractivity contribution >= 4 is 23.4 Å². The largest absolute Gasteiger partial charge is 0.454 e. The van der Waals surface area contributed by atoms with Gasteiger partial charge in [-0.05, 0) is 61.4 Å². The Labute approximate surface area is 196 Å². The van der Waals surface area contributed by atoms with Gasteiger partial charge in [-0.1, -0.05) is 42.1 Å². The number of nitrogens with one attached hydrogen (secondary N) is 1. The first kappa shape index (κ1) is 21.2. The summed E-state index contributed by atoms with van der Waals surface area (Å²) in [6, 6.07) is 21.7. The standard InChI is InChI=1S/C26H23N3O3S/c1-17-7-6-10-21(18(17)2)27-25(30)15-33-26-28-22(14-29(26)20-8-4-3-5-9-20)19-11-12-23-24(13-19)32-16-31-23/h3-14H,15-16H2,1-2H3,(H,27,30). The Morgan fingerprint density at radius 3 is 2.70 bits per heavy atom. The van der Waals surface area contributed by atoms with Crippen LogP contribution in [0.2, 0.25) is 0 Å². The first-order chi connectivity index (χ1) is 16.1. The zero-order valence-electron chi connectivity index (χ0n) is 18.4. The molecule has 1 aliphatic rings. The van der Waals surface area contributed by atoms with Crippen LogP contribution < -0.4 is 14.8 Å². The molecule has 0 saturated heterocycles. The Morgan fingerprint density at radius 1 is 1.03 bits per heavy atom. The fourth-order valence-corrected chi connectivity index (χ4v) is 4.43. The van der Waals surface area contributed by atoms with Crippen LogP contribution in [0.5, 0.6) is 11.5 Å². The monoisotopic (exact) mass is 457 g/mol. The van der Waals surface area contributed by atoms with Crippen molar-refractivity contribution in [2.45, 2.75) is 19.0 Å². The molecule has 1 amide bonds. The Hall–Kier alpha value is -3.71. The van der Waals surface area contributed by atoms with E-state index in [0.29, 0.717) is 5.75 Å². The molecule has 0 aliphatic carbocycles. The molecule has 5 rings (SSSR count). The quantitative estimate of drug-likeness (QED) is 0.381. The van der Waals surface area contributed by atoms with Crippen LogP contribution in [0, 0.1) is 13.8 Å². The van der Waals surface area contributed by atoms with Crippen molar-refractivity contribution in [3.05, 3.63) is 84.1 Å². The number of aromatic nitrogens is 2. The topological polar surface area (TPSA) is 65.4 Å². The van der Waals surface area contributed by atoms with Crippen molar-refractivity contribution in [2.24, 2.45) is 0 Å². The van der Waals surface area contributed by atoms with E-state index >= 15 is 0 Å². The Kier molecular flexibility index (Phi) is 5.79. The normalized spacial score (nSPS) is 12.1. The van der Waals surface area contributed by atoms with Crippen molar-refractivity contribution in [1.82, 2.24) is 9.55 Å². The number of benzene rings is 3. The second kappa shape index (κ2) is 9.03. The molecule has 0 unspecified atom stereocenters. The summed E-state index contributed by atoms with van der Waals surface area (Å²) >= 11 is 1.40. The van der Waals surface area contributed by atoms with Gasteiger partial charge in [-0.3, -0.25) is 9.36 Å². The first-order valence-corrected chi connectivity index (χ1v) is 11.6. The number of hydrogen-bond acceptors (Lipinski definition) is 5. The highest BCUT2D eigenvalue weighted by Gasteiger charge is 2.18. The van der Waals surface area contributed by atoms with E-state index in [2.05, 4.69) is 5.32 Å². The number of carbonyl (C=O) groups excluding carboxylic acids is 1. The van der Waals surface area contributed by atoms with Gasteiger partial charge in [-0.2, -0.15) is 0 Å². The summed E-state index contributed by atoms with van der Waals surface area (Å²) in [4.78, 5) is 17.5. The predicted molar refractivity (Wildman–Crippen MR) is 130 cm³/mol. The van der Waals surface area contributed by atoms with Gasteiger partial charge in [0.05, 0.1) is 11.4 Å². The molecule has 33 heavy (non-hydrogen) atoms. The van der Waals surface area contributed by atoms with Crippen LogP contribution in [0.15, 0.2) is 78.1 Å². The molecule has 2 heterocycles. The van der Waals surface area contributed by atoms with Crippen LogP contribution in [0.3, 0.4) is 0 Å². The van der Waals surface area contributed by atoms with Gasteiger partial charge in [0.15, 0.2) is 16.7 Å². The number of ether oxygens (including phenoxy) is 2. The van der Waals surface area contributed by atoms with Crippen LogP contribution in [0.25, 0.3) is 16.9 Å². The second-order valence-corrected chi connectivity index (χ2v) is 8.71. The zero-order valence-corrected chi connectivity index (χ0v) is 19.2. The third-order valence-corrected chi connectivity index (χ3v) is 6.54. The molecule has 0 saturated carbocycles. The number of rotatable bonds is 6. The number of hydrogen-bond donors (Lipinski definition) is 1. The van der Waals surface area contributed by atoms with E-state index in [1.165, 1.54) is 11.8 Å². The number of para-hydroxylation sites is 1. The molecule has 0 bridgehead atoms. The lowest BCUT2D eigenvalue weighted by Gasteiger charge is -2.10. The van der Waals surface area contributed by atoms with Gasteiger partial charge >= 0.3 is 0 Å². The highest BCUT2D eigenvalue weighted by molar-refractivity contribution is 7.99. The number of anilines is 1. The number of aryl methyl sites for hydroxylation is 1. The van der Waals surface area contributed by atoms with E-state index in [1.807, 2.05) is 91.3 Å². The molecule has 4 aromatic rings. The molecule has 1 aliphatic heterocycles. The van der Waals surface area contributed by atoms with E-state index in [1.54, 1.807) is 0 Å². The molecule has 7 heteroatoms.